The van der Waals surface area contributed by atoms with Gasteiger partial charge in [0, 0.05) is 26.2 Å². The Morgan fingerprint density at radius 2 is 1.72 bits per heavy atom. The maximum atomic E-state index is 12.3. The number of amides is 3. The molecule has 1 atom stereocenters. The maximum Gasteiger partial charge on any atom is 0.410 e. The highest BCUT2D eigenvalue weighted by Gasteiger charge is 2.28. The fourth-order valence-corrected chi connectivity index (χ4v) is 2.70. The number of ether oxygens (including phenoxy) is 1. The zero-order chi connectivity index (χ0) is 18.2. The third-order valence-electron chi connectivity index (χ3n) is 3.92. The molecule has 1 aromatic rings. The first-order valence-corrected chi connectivity index (χ1v) is 9.23. The quantitative estimate of drug-likeness (QED) is 0.741. The van der Waals surface area contributed by atoms with E-state index in [1.807, 2.05) is 30.3 Å². The van der Waals surface area contributed by atoms with Crippen molar-refractivity contribution in [3.8, 4) is 0 Å². The van der Waals surface area contributed by atoms with Crippen molar-refractivity contribution in [3.05, 3.63) is 35.9 Å². The highest BCUT2D eigenvalue weighted by Crippen LogP contribution is 2.08. The number of nitrogens with one attached hydrogen (secondary N) is 1. The summed E-state index contributed by atoms with van der Waals surface area (Å²) in [5.41, 5.74) is 0.932. The van der Waals surface area contributed by atoms with Gasteiger partial charge in [0.2, 0.25) is 11.8 Å². The van der Waals surface area contributed by atoms with Gasteiger partial charge >= 0.3 is 6.09 Å². The Morgan fingerprint density at radius 3 is 2.32 bits per heavy atom. The van der Waals surface area contributed by atoms with E-state index in [-0.39, 0.29) is 29.8 Å². The molecule has 1 heterocycles. The predicted molar refractivity (Wildman–Crippen MR) is 96.2 cm³/mol. The van der Waals surface area contributed by atoms with E-state index in [0.717, 1.165) is 5.56 Å². The third-order valence-corrected chi connectivity index (χ3v) is 4.43. The molecule has 1 saturated heterocycles. The van der Waals surface area contributed by atoms with E-state index in [0.29, 0.717) is 26.2 Å². The van der Waals surface area contributed by atoms with Crippen molar-refractivity contribution in [1.82, 2.24) is 15.1 Å². The summed E-state index contributed by atoms with van der Waals surface area (Å²) in [5.74, 6) is -0.379. The number of hydrogen-bond acceptors (Lipinski definition) is 4. The van der Waals surface area contributed by atoms with Gasteiger partial charge in [0.25, 0.3) is 0 Å². The molecular weight excluding hydrogens is 390 g/mol. The molecule has 1 aliphatic heterocycles. The second-order valence-corrected chi connectivity index (χ2v) is 6.34. The minimum absolute atomic E-state index is 0.147. The van der Waals surface area contributed by atoms with Crippen molar-refractivity contribution in [2.24, 2.45) is 0 Å². The van der Waals surface area contributed by atoms with Crippen molar-refractivity contribution in [2.75, 3.05) is 31.5 Å². The normalized spacial score (nSPS) is 15.4. The van der Waals surface area contributed by atoms with Gasteiger partial charge < -0.3 is 19.9 Å². The van der Waals surface area contributed by atoms with Crippen molar-refractivity contribution in [3.63, 3.8) is 0 Å². The van der Waals surface area contributed by atoms with Gasteiger partial charge in [-0.3, -0.25) is 9.59 Å². The summed E-state index contributed by atoms with van der Waals surface area (Å²) in [4.78, 5) is 39.0. The first-order valence-electron chi connectivity index (χ1n) is 8.11. The topological polar surface area (TPSA) is 79.0 Å². The van der Waals surface area contributed by atoms with Crippen LogP contribution in [0.15, 0.2) is 30.3 Å². The minimum atomic E-state index is -0.582. The molecule has 0 aliphatic carbocycles. The second kappa shape index (κ2) is 9.41. The molecule has 7 nitrogen and oxygen atoms in total. The molecule has 2 rings (SSSR count). The Labute approximate surface area is 155 Å². The lowest BCUT2D eigenvalue weighted by Gasteiger charge is -2.35. The van der Waals surface area contributed by atoms with Gasteiger partial charge in [0.1, 0.15) is 12.6 Å². The van der Waals surface area contributed by atoms with Crippen LogP contribution in [-0.2, 0) is 20.9 Å². The van der Waals surface area contributed by atoms with Crippen LogP contribution in [0, 0.1) is 0 Å². The molecule has 1 fully saturated rings. The molecule has 136 valence electrons. The number of nitrogens with zero attached hydrogens (tertiary/aromatic N) is 2. The highest BCUT2D eigenvalue weighted by molar-refractivity contribution is 9.09. The molecule has 0 saturated carbocycles. The van der Waals surface area contributed by atoms with E-state index in [1.165, 1.54) is 0 Å². The average molecular weight is 412 g/mol. The van der Waals surface area contributed by atoms with Crippen LogP contribution in [0.4, 0.5) is 4.79 Å². The van der Waals surface area contributed by atoms with E-state index >= 15 is 0 Å². The summed E-state index contributed by atoms with van der Waals surface area (Å²) < 4.78 is 5.30. The SMILES string of the molecule is C[C@@H](NC(=O)CBr)C(=O)N1CCN(C(=O)OCc2ccccc2)CC1. The second-order valence-electron chi connectivity index (χ2n) is 5.78. The maximum absolute atomic E-state index is 12.3. The number of piperazine rings is 1. The molecule has 1 aliphatic rings. The van der Waals surface area contributed by atoms with Crippen LogP contribution in [0.25, 0.3) is 0 Å². The molecule has 0 bridgehead atoms. The van der Waals surface area contributed by atoms with Gasteiger partial charge in [-0.1, -0.05) is 46.3 Å². The molecule has 1 aromatic carbocycles. The van der Waals surface area contributed by atoms with Crippen LogP contribution in [0.1, 0.15) is 12.5 Å². The van der Waals surface area contributed by atoms with Gasteiger partial charge in [-0.2, -0.15) is 0 Å². The predicted octanol–water partition coefficient (Wildman–Crippen LogP) is 1.37. The monoisotopic (exact) mass is 411 g/mol. The number of hydrogen-bond donors (Lipinski definition) is 1. The molecular formula is C17H22BrN3O4. The smallest absolute Gasteiger partial charge is 0.410 e. The van der Waals surface area contributed by atoms with Gasteiger partial charge in [-0.15, -0.1) is 0 Å². The lowest BCUT2D eigenvalue weighted by Crippen LogP contribution is -2.55. The summed E-state index contributed by atoms with van der Waals surface area (Å²) in [5, 5.41) is 2.78. The minimum Gasteiger partial charge on any atom is -0.445 e. The van der Waals surface area contributed by atoms with Crippen LogP contribution in [0.5, 0.6) is 0 Å². The van der Waals surface area contributed by atoms with Crippen LogP contribution in [0.3, 0.4) is 0 Å². The van der Waals surface area contributed by atoms with Crippen LogP contribution < -0.4 is 5.32 Å². The molecule has 0 aromatic heterocycles. The van der Waals surface area contributed by atoms with E-state index < -0.39 is 6.04 Å². The number of carbonyl (C=O) groups is 3. The summed E-state index contributed by atoms with van der Waals surface area (Å²) in [6.07, 6.45) is -0.378. The zero-order valence-corrected chi connectivity index (χ0v) is 15.7. The number of rotatable bonds is 5. The number of benzene rings is 1. The molecule has 0 spiro atoms. The molecule has 8 heteroatoms. The van der Waals surface area contributed by atoms with Gasteiger partial charge in [-0.25, -0.2) is 4.79 Å². The van der Waals surface area contributed by atoms with E-state index in [1.54, 1.807) is 16.7 Å². The Hall–Kier alpha value is -2.09. The molecule has 1 N–H and O–H groups in total. The van der Waals surface area contributed by atoms with Crippen LogP contribution >= 0.6 is 15.9 Å². The largest absolute Gasteiger partial charge is 0.445 e. The van der Waals surface area contributed by atoms with Gasteiger partial charge in [0.05, 0.1) is 5.33 Å². The lowest BCUT2D eigenvalue weighted by atomic mass is 10.2. The number of carbonyl (C=O) groups excluding carboxylic acids is 3. The molecule has 3 amide bonds. The zero-order valence-electron chi connectivity index (χ0n) is 14.1. The van der Waals surface area contributed by atoms with E-state index in [2.05, 4.69) is 21.2 Å². The van der Waals surface area contributed by atoms with Crippen molar-refractivity contribution in [1.29, 1.82) is 0 Å². The first kappa shape index (κ1) is 19.2. The molecule has 0 radical (unpaired) electrons. The average Bonchev–Trinajstić information content (AvgIpc) is 2.66. The van der Waals surface area contributed by atoms with Crippen LogP contribution in [-0.4, -0.2) is 65.3 Å². The van der Waals surface area contributed by atoms with E-state index in [4.69, 9.17) is 4.74 Å². The number of alkyl halides is 1. The Morgan fingerprint density at radius 1 is 1.12 bits per heavy atom. The number of halogens is 1. The Bertz CT molecular complexity index is 603. The van der Waals surface area contributed by atoms with Gasteiger partial charge in [0.15, 0.2) is 0 Å². The summed E-state index contributed by atoms with van der Waals surface area (Å²) >= 11 is 3.05. The van der Waals surface area contributed by atoms with Crippen molar-refractivity contribution in [2.45, 2.75) is 19.6 Å². The highest BCUT2D eigenvalue weighted by atomic mass is 79.9. The van der Waals surface area contributed by atoms with Crippen molar-refractivity contribution >= 4 is 33.8 Å². The molecule has 25 heavy (non-hydrogen) atoms. The summed E-state index contributed by atoms with van der Waals surface area (Å²) in [7, 11) is 0. The summed E-state index contributed by atoms with van der Waals surface area (Å²) in [6, 6.07) is 8.90. The van der Waals surface area contributed by atoms with E-state index in [9.17, 15) is 14.4 Å². The van der Waals surface area contributed by atoms with Gasteiger partial charge in [-0.05, 0) is 12.5 Å². The van der Waals surface area contributed by atoms with Crippen LogP contribution in [0.2, 0.25) is 0 Å². The Balaban J connectivity index is 1.75. The standard InChI is InChI=1S/C17H22BrN3O4/c1-13(19-15(22)11-18)16(23)20-7-9-21(10-8-20)17(24)25-12-14-5-3-2-4-6-14/h2-6,13H,7-12H2,1H3,(H,19,22)/t13-/m1/s1. The fraction of sp³-hybridized carbons (Fsp3) is 0.471. The lowest BCUT2D eigenvalue weighted by molar-refractivity contribution is -0.136. The third kappa shape index (κ3) is 5.74. The fourth-order valence-electron chi connectivity index (χ4n) is 2.54. The first-order chi connectivity index (χ1) is 12.0. The Kier molecular flexibility index (Phi) is 7.24. The summed E-state index contributed by atoms with van der Waals surface area (Å²) in [6.45, 7) is 3.57. The van der Waals surface area contributed by atoms with Crippen molar-refractivity contribution < 1.29 is 19.1 Å². The molecule has 0 unspecified atom stereocenters.